The van der Waals surface area contributed by atoms with E-state index >= 15 is 0 Å². The summed E-state index contributed by atoms with van der Waals surface area (Å²) in [6, 6.07) is 11.4. The Balaban J connectivity index is 1.86. The van der Waals surface area contributed by atoms with Crippen LogP contribution in [-0.4, -0.2) is 19.9 Å². The first kappa shape index (κ1) is 14.7. The van der Waals surface area contributed by atoms with Gasteiger partial charge in [-0.3, -0.25) is 4.98 Å². The van der Waals surface area contributed by atoms with Gasteiger partial charge in [0, 0.05) is 47.5 Å². The van der Waals surface area contributed by atoms with Gasteiger partial charge in [-0.1, -0.05) is 17.7 Å². The van der Waals surface area contributed by atoms with Crippen LogP contribution in [0.2, 0.25) is 5.02 Å². The molecule has 24 heavy (non-hydrogen) atoms. The van der Waals surface area contributed by atoms with Crippen molar-refractivity contribution in [2.24, 2.45) is 0 Å². The normalized spacial score (nSPS) is 12.2. The smallest absolute Gasteiger partial charge is 0.223 e. The van der Waals surface area contributed by atoms with Crippen LogP contribution in [0.4, 0.5) is 5.95 Å². The van der Waals surface area contributed by atoms with Gasteiger partial charge < -0.3 is 10.3 Å². The van der Waals surface area contributed by atoms with Gasteiger partial charge in [-0.15, -0.1) is 0 Å². The largest absolute Gasteiger partial charge is 0.361 e. The van der Waals surface area contributed by atoms with Crippen LogP contribution in [0, 0.1) is 0 Å². The number of halogens is 1. The summed E-state index contributed by atoms with van der Waals surface area (Å²) in [5.74, 6) is 0.556. The van der Waals surface area contributed by atoms with Gasteiger partial charge in [-0.2, -0.15) is 0 Å². The number of rotatable bonds is 4. The molecular weight excluding hydrogens is 322 g/mol. The van der Waals surface area contributed by atoms with E-state index in [2.05, 4.69) is 25.3 Å². The van der Waals surface area contributed by atoms with Crippen molar-refractivity contribution >= 4 is 28.5 Å². The lowest BCUT2D eigenvalue weighted by Gasteiger charge is -2.19. The van der Waals surface area contributed by atoms with Crippen molar-refractivity contribution in [1.82, 2.24) is 19.9 Å². The maximum Gasteiger partial charge on any atom is 0.223 e. The highest BCUT2D eigenvalue weighted by Gasteiger charge is 2.20. The number of pyridine rings is 1. The molecule has 0 spiro atoms. The second-order valence-electron chi connectivity index (χ2n) is 5.34. The summed E-state index contributed by atoms with van der Waals surface area (Å²) in [6.45, 7) is 0. The van der Waals surface area contributed by atoms with Crippen LogP contribution in [0.15, 0.2) is 67.4 Å². The molecule has 1 aromatic carbocycles. The summed E-state index contributed by atoms with van der Waals surface area (Å²) in [5, 5.41) is 5.09. The Hall–Kier alpha value is -2.92. The molecule has 0 aliphatic heterocycles. The number of H-pyrrole nitrogens is 1. The van der Waals surface area contributed by atoms with E-state index in [1.54, 1.807) is 30.9 Å². The minimum absolute atomic E-state index is 0.149. The van der Waals surface area contributed by atoms with Crippen molar-refractivity contribution < 1.29 is 0 Å². The average Bonchev–Trinajstić information content (AvgIpc) is 3.07. The van der Waals surface area contributed by atoms with Crippen LogP contribution in [0.25, 0.3) is 10.9 Å². The van der Waals surface area contributed by atoms with E-state index in [1.165, 1.54) is 0 Å². The van der Waals surface area contributed by atoms with Crippen molar-refractivity contribution in [2.45, 2.75) is 6.04 Å². The number of nitrogens with zero attached hydrogens (tertiary/aromatic N) is 3. The second kappa shape index (κ2) is 6.29. The molecule has 3 aromatic heterocycles. The molecule has 3 heterocycles. The summed E-state index contributed by atoms with van der Waals surface area (Å²) in [5.41, 5.74) is 3.08. The molecule has 0 amide bonds. The van der Waals surface area contributed by atoms with E-state index in [9.17, 15) is 0 Å². The highest BCUT2D eigenvalue weighted by molar-refractivity contribution is 6.35. The molecule has 0 aliphatic rings. The topological polar surface area (TPSA) is 66.5 Å². The summed E-state index contributed by atoms with van der Waals surface area (Å²) in [7, 11) is 0. The third-order valence-electron chi connectivity index (χ3n) is 3.88. The predicted molar refractivity (Wildman–Crippen MR) is 95.0 cm³/mol. The number of aromatic nitrogens is 4. The van der Waals surface area contributed by atoms with Gasteiger partial charge in [-0.25, -0.2) is 9.97 Å². The molecule has 118 valence electrons. The number of anilines is 1. The van der Waals surface area contributed by atoms with Crippen molar-refractivity contribution in [3.05, 3.63) is 83.5 Å². The molecule has 5 nitrogen and oxygen atoms in total. The standard InChI is InChI=1S/C18H14ClN5/c19-14-3-1-4-15-16(14)13(11-23-15)17(12-5-9-20-10-6-12)24-18-21-7-2-8-22-18/h1-11,17,23H,(H,21,22,24). The molecule has 4 rings (SSSR count). The molecule has 6 heteroatoms. The lowest BCUT2D eigenvalue weighted by molar-refractivity contribution is 0.912. The number of aromatic amines is 1. The predicted octanol–water partition coefficient (Wildman–Crippen LogP) is 4.21. The Morgan fingerprint density at radius 1 is 0.958 bits per heavy atom. The quantitative estimate of drug-likeness (QED) is 0.586. The van der Waals surface area contributed by atoms with E-state index < -0.39 is 0 Å². The van der Waals surface area contributed by atoms with E-state index in [0.717, 1.165) is 22.0 Å². The minimum Gasteiger partial charge on any atom is -0.361 e. The zero-order chi connectivity index (χ0) is 16.4. The number of nitrogens with one attached hydrogen (secondary N) is 2. The summed E-state index contributed by atoms with van der Waals surface area (Å²) < 4.78 is 0. The van der Waals surface area contributed by atoms with E-state index in [-0.39, 0.29) is 6.04 Å². The Morgan fingerprint density at radius 3 is 2.54 bits per heavy atom. The molecule has 4 aromatic rings. The first-order valence-electron chi connectivity index (χ1n) is 7.52. The molecule has 0 fully saturated rings. The number of hydrogen-bond acceptors (Lipinski definition) is 4. The number of fused-ring (bicyclic) bond motifs is 1. The molecule has 0 radical (unpaired) electrons. The van der Waals surface area contributed by atoms with Crippen LogP contribution in [0.5, 0.6) is 0 Å². The van der Waals surface area contributed by atoms with Crippen molar-refractivity contribution in [3.63, 3.8) is 0 Å². The lowest BCUT2D eigenvalue weighted by Crippen LogP contribution is -2.14. The maximum absolute atomic E-state index is 6.45. The third kappa shape index (κ3) is 2.70. The van der Waals surface area contributed by atoms with Gasteiger partial charge >= 0.3 is 0 Å². The fourth-order valence-corrected chi connectivity index (χ4v) is 3.08. The third-order valence-corrected chi connectivity index (χ3v) is 4.19. The Bertz CT molecular complexity index is 953. The van der Waals surface area contributed by atoms with Crippen molar-refractivity contribution in [2.75, 3.05) is 5.32 Å². The molecule has 2 N–H and O–H groups in total. The van der Waals surface area contributed by atoms with Gasteiger partial charge in [0.05, 0.1) is 11.1 Å². The average molecular weight is 336 g/mol. The van der Waals surface area contributed by atoms with Crippen LogP contribution in [-0.2, 0) is 0 Å². The molecule has 1 atom stereocenters. The first-order valence-corrected chi connectivity index (χ1v) is 7.90. The van der Waals surface area contributed by atoms with Gasteiger partial charge in [-0.05, 0) is 35.9 Å². The second-order valence-corrected chi connectivity index (χ2v) is 5.74. The molecule has 1 unspecified atom stereocenters. The van der Waals surface area contributed by atoms with Crippen LogP contribution in [0.1, 0.15) is 17.2 Å². The molecular formula is C18H14ClN5. The minimum atomic E-state index is -0.149. The Labute approximate surface area is 143 Å². The van der Waals surface area contributed by atoms with Crippen LogP contribution in [0.3, 0.4) is 0 Å². The number of benzene rings is 1. The fourth-order valence-electron chi connectivity index (χ4n) is 2.79. The van der Waals surface area contributed by atoms with E-state index in [0.29, 0.717) is 11.0 Å². The molecule has 0 bridgehead atoms. The highest BCUT2D eigenvalue weighted by atomic mass is 35.5. The highest BCUT2D eigenvalue weighted by Crippen LogP contribution is 2.34. The number of hydrogen-bond donors (Lipinski definition) is 2. The summed E-state index contributed by atoms with van der Waals surface area (Å²) in [4.78, 5) is 15.9. The monoisotopic (exact) mass is 335 g/mol. The SMILES string of the molecule is Clc1cccc2[nH]cc(C(Nc3ncccn3)c3ccncc3)c12. The summed E-state index contributed by atoms with van der Waals surface area (Å²) in [6.07, 6.45) is 8.93. The fraction of sp³-hybridized carbons (Fsp3) is 0.0556. The summed E-state index contributed by atoms with van der Waals surface area (Å²) >= 11 is 6.45. The van der Waals surface area contributed by atoms with Crippen molar-refractivity contribution in [1.29, 1.82) is 0 Å². The first-order chi connectivity index (χ1) is 11.8. The van der Waals surface area contributed by atoms with Gasteiger partial charge in [0.25, 0.3) is 0 Å². The van der Waals surface area contributed by atoms with Crippen molar-refractivity contribution in [3.8, 4) is 0 Å². The van der Waals surface area contributed by atoms with Crippen LogP contribution >= 0.6 is 11.6 Å². The Kier molecular flexibility index (Phi) is 3.84. The molecule has 0 saturated heterocycles. The van der Waals surface area contributed by atoms with E-state index in [1.807, 2.05) is 36.5 Å². The van der Waals surface area contributed by atoms with Crippen LogP contribution < -0.4 is 5.32 Å². The molecule has 0 aliphatic carbocycles. The van der Waals surface area contributed by atoms with Gasteiger partial charge in [0.2, 0.25) is 5.95 Å². The zero-order valence-corrected chi connectivity index (χ0v) is 13.4. The maximum atomic E-state index is 6.45. The van der Waals surface area contributed by atoms with Gasteiger partial charge in [0.15, 0.2) is 0 Å². The lowest BCUT2D eigenvalue weighted by atomic mass is 9.99. The zero-order valence-electron chi connectivity index (χ0n) is 12.6. The van der Waals surface area contributed by atoms with Gasteiger partial charge in [0.1, 0.15) is 0 Å². The van der Waals surface area contributed by atoms with E-state index in [4.69, 9.17) is 11.6 Å². The Morgan fingerprint density at radius 2 is 1.75 bits per heavy atom. The molecule has 0 saturated carbocycles.